The maximum atomic E-state index is 10.9. The molecule has 2 aromatic carbocycles. The predicted molar refractivity (Wildman–Crippen MR) is 81.1 cm³/mol. The Morgan fingerprint density at radius 2 is 2.05 bits per heavy atom. The van der Waals surface area contributed by atoms with Gasteiger partial charge in [-0.15, -0.1) is 0 Å². The summed E-state index contributed by atoms with van der Waals surface area (Å²) in [5, 5.41) is 23.1. The highest BCUT2D eigenvalue weighted by Crippen LogP contribution is 2.23. The number of nitriles is 1. The smallest absolute Gasteiger partial charge is 0.272 e. The molecule has 0 saturated carbocycles. The van der Waals surface area contributed by atoms with Crippen LogP contribution in [0.15, 0.2) is 36.4 Å². The topological polar surface area (TPSA) is 79.0 Å². The molecule has 106 valence electrons. The van der Waals surface area contributed by atoms with Gasteiger partial charge in [-0.2, -0.15) is 5.26 Å². The highest BCUT2D eigenvalue weighted by atomic mass is 16.6. The molecular formula is C16H15N3O2. The quantitative estimate of drug-likeness (QED) is 0.684. The van der Waals surface area contributed by atoms with Gasteiger partial charge in [-0.3, -0.25) is 10.1 Å². The number of hydrogen-bond acceptors (Lipinski definition) is 4. The van der Waals surface area contributed by atoms with E-state index >= 15 is 0 Å². The molecule has 0 aliphatic carbocycles. The highest BCUT2D eigenvalue weighted by molar-refractivity contribution is 5.56. The monoisotopic (exact) mass is 281 g/mol. The van der Waals surface area contributed by atoms with Crippen LogP contribution in [0.5, 0.6) is 0 Å². The summed E-state index contributed by atoms with van der Waals surface area (Å²) in [5.41, 5.74) is 4.11. The van der Waals surface area contributed by atoms with Gasteiger partial charge in [-0.25, -0.2) is 0 Å². The summed E-state index contributed by atoms with van der Waals surface area (Å²) >= 11 is 0. The number of nitrogens with zero attached hydrogens (tertiary/aromatic N) is 2. The van der Waals surface area contributed by atoms with Crippen molar-refractivity contribution in [3.05, 3.63) is 68.8 Å². The molecule has 2 rings (SSSR count). The Balaban J connectivity index is 2.23. The molecular weight excluding hydrogens is 266 g/mol. The summed E-state index contributed by atoms with van der Waals surface area (Å²) in [6.45, 7) is 4.17. The number of nitrogens with one attached hydrogen (secondary N) is 1. The Labute approximate surface area is 123 Å². The normalized spacial score (nSPS) is 9.95. The van der Waals surface area contributed by atoms with E-state index in [0.29, 0.717) is 17.7 Å². The SMILES string of the molecule is Cc1ccc(C#N)cc1NCc1cccc([N+](=O)[O-])c1C. The van der Waals surface area contributed by atoms with Crippen molar-refractivity contribution in [2.45, 2.75) is 20.4 Å². The third-order valence-electron chi connectivity index (χ3n) is 3.45. The molecule has 5 heteroatoms. The van der Waals surface area contributed by atoms with Crippen molar-refractivity contribution in [1.29, 1.82) is 5.26 Å². The van der Waals surface area contributed by atoms with Gasteiger partial charge in [0.15, 0.2) is 0 Å². The van der Waals surface area contributed by atoms with Crippen LogP contribution in [-0.4, -0.2) is 4.92 Å². The number of benzene rings is 2. The third-order valence-corrected chi connectivity index (χ3v) is 3.45. The summed E-state index contributed by atoms with van der Waals surface area (Å²) < 4.78 is 0. The second-order valence-electron chi connectivity index (χ2n) is 4.81. The van der Waals surface area contributed by atoms with E-state index in [0.717, 1.165) is 16.8 Å². The standard InChI is InChI=1S/C16H15N3O2/c1-11-6-7-13(9-17)8-15(11)18-10-14-4-3-5-16(12(14)2)19(20)21/h3-8,18H,10H2,1-2H3. The first kappa shape index (κ1) is 14.5. The molecule has 0 unspecified atom stereocenters. The molecule has 0 aliphatic heterocycles. The van der Waals surface area contributed by atoms with E-state index < -0.39 is 0 Å². The van der Waals surface area contributed by atoms with Crippen molar-refractivity contribution in [3.8, 4) is 6.07 Å². The van der Waals surface area contributed by atoms with Crippen molar-refractivity contribution in [1.82, 2.24) is 0 Å². The Hall–Kier alpha value is -2.87. The zero-order chi connectivity index (χ0) is 15.4. The van der Waals surface area contributed by atoms with Gasteiger partial charge < -0.3 is 5.32 Å². The maximum absolute atomic E-state index is 10.9. The van der Waals surface area contributed by atoms with Gasteiger partial charge in [-0.1, -0.05) is 18.2 Å². The van der Waals surface area contributed by atoms with E-state index in [-0.39, 0.29) is 10.6 Å². The number of rotatable bonds is 4. The van der Waals surface area contributed by atoms with Crippen LogP contribution in [0.2, 0.25) is 0 Å². The van der Waals surface area contributed by atoms with Gasteiger partial charge in [0.25, 0.3) is 5.69 Å². The zero-order valence-electron chi connectivity index (χ0n) is 11.9. The molecule has 0 spiro atoms. The van der Waals surface area contributed by atoms with Crippen molar-refractivity contribution in [3.63, 3.8) is 0 Å². The summed E-state index contributed by atoms with van der Waals surface area (Å²) in [5.74, 6) is 0. The van der Waals surface area contributed by atoms with Gasteiger partial charge in [0.1, 0.15) is 0 Å². The van der Waals surface area contributed by atoms with E-state index in [9.17, 15) is 10.1 Å². The lowest BCUT2D eigenvalue weighted by Crippen LogP contribution is -2.04. The predicted octanol–water partition coefficient (Wildman–Crippen LogP) is 3.70. The number of aryl methyl sites for hydroxylation is 1. The van der Waals surface area contributed by atoms with Crippen LogP contribution in [0.25, 0.3) is 0 Å². The Bertz CT molecular complexity index is 733. The average molecular weight is 281 g/mol. The van der Waals surface area contributed by atoms with E-state index in [1.165, 1.54) is 6.07 Å². The minimum Gasteiger partial charge on any atom is -0.381 e. The fourth-order valence-corrected chi connectivity index (χ4v) is 2.13. The molecule has 0 heterocycles. The lowest BCUT2D eigenvalue weighted by molar-refractivity contribution is -0.385. The minimum atomic E-state index is -0.375. The minimum absolute atomic E-state index is 0.122. The Kier molecular flexibility index (Phi) is 4.19. The van der Waals surface area contributed by atoms with Gasteiger partial charge >= 0.3 is 0 Å². The van der Waals surface area contributed by atoms with Crippen LogP contribution in [0, 0.1) is 35.3 Å². The number of nitro groups is 1. The van der Waals surface area contributed by atoms with Crippen molar-refractivity contribution in [2.24, 2.45) is 0 Å². The fraction of sp³-hybridized carbons (Fsp3) is 0.188. The van der Waals surface area contributed by atoms with Crippen LogP contribution >= 0.6 is 0 Å². The summed E-state index contributed by atoms with van der Waals surface area (Å²) in [6, 6.07) is 12.6. The van der Waals surface area contributed by atoms with E-state index in [1.54, 1.807) is 25.1 Å². The second-order valence-corrected chi connectivity index (χ2v) is 4.81. The molecule has 1 N–H and O–H groups in total. The maximum Gasteiger partial charge on any atom is 0.272 e. The molecule has 0 radical (unpaired) electrons. The van der Waals surface area contributed by atoms with Crippen molar-refractivity contribution >= 4 is 11.4 Å². The first-order valence-electron chi connectivity index (χ1n) is 6.50. The van der Waals surface area contributed by atoms with Crippen LogP contribution in [0.1, 0.15) is 22.3 Å². The van der Waals surface area contributed by atoms with Crippen LogP contribution in [0.4, 0.5) is 11.4 Å². The van der Waals surface area contributed by atoms with Crippen LogP contribution < -0.4 is 5.32 Å². The highest BCUT2D eigenvalue weighted by Gasteiger charge is 2.13. The Morgan fingerprint density at radius 1 is 1.29 bits per heavy atom. The number of nitro benzene ring substituents is 1. The van der Waals surface area contributed by atoms with E-state index in [1.807, 2.05) is 19.1 Å². The largest absolute Gasteiger partial charge is 0.381 e. The molecule has 2 aromatic rings. The van der Waals surface area contributed by atoms with Crippen LogP contribution in [0.3, 0.4) is 0 Å². The van der Waals surface area contributed by atoms with E-state index in [4.69, 9.17) is 5.26 Å². The summed E-state index contributed by atoms with van der Waals surface area (Å²) in [4.78, 5) is 10.6. The second kappa shape index (κ2) is 6.06. The molecule has 0 saturated heterocycles. The number of hydrogen-bond donors (Lipinski definition) is 1. The lowest BCUT2D eigenvalue weighted by atomic mass is 10.1. The summed E-state index contributed by atoms with van der Waals surface area (Å²) in [6.07, 6.45) is 0. The molecule has 0 aromatic heterocycles. The van der Waals surface area contributed by atoms with E-state index in [2.05, 4.69) is 11.4 Å². The third kappa shape index (κ3) is 3.18. The molecule has 0 fully saturated rings. The van der Waals surface area contributed by atoms with Crippen molar-refractivity contribution < 1.29 is 4.92 Å². The molecule has 0 bridgehead atoms. The lowest BCUT2D eigenvalue weighted by Gasteiger charge is -2.11. The molecule has 0 amide bonds. The molecule has 21 heavy (non-hydrogen) atoms. The first-order chi connectivity index (χ1) is 10.0. The molecule has 0 aliphatic rings. The summed E-state index contributed by atoms with van der Waals surface area (Å²) in [7, 11) is 0. The van der Waals surface area contributed by atoms with Gasteiger partial charge in [0, 0.05) is 23.9 Å². The van der Waals surface area contributed by atoms with Gasteiger partial charge in [-0.05, 0) is 37.1 Å². The number of anilines is 1. The zero-order valence-corrected chi connectivity index (χ0v) is 11.9. The molecule has 5 nitrogen and oxygen atoms in total. The molecule has 0 atom stereocenters. The first-order valence-corrected chi connectivity index (χ1v) is 6.50. The van der Waals surface area contributed by atoms with Crippen LogP contribution in [-0.2, 0) is 6.54 Å². The average Bonchev–Trinajstić information content (AvgIpc) is 2.47. The van der Waals surface area contributed by atoms with Crippen molar-refractivity contribution in [2.75, 3.05) is 5.32 Å². The van der Waals surface area contributed by atoms with Gasteiger partial charge in [0.2, 0.25) is 0 Å². The fourth-order valence-electron chi connectivity index (χ4n) is 2.13. The Morgan fingerprint density at radius 3 is 2.71 bits per heavy atom. The van der Waals surface area contributed by atoms with Gasteiger partial charge in [0.05, 0.1) is 16.6 Å².